The standard InChI is InChI=1S/C14H18ClNO3/c1-9-6-7-16(11(9)8-15)14(18)10-4-3-5-12(19-2)13(10)17/h3-5,9,11,17H,6-8H2,1-2H3. The van der Waals surface area contributed by atoms with Gasteiger partial charge in [-0.2, -0.15) is 0 Å². The van der Waals surface area contributed by atoms with E-state index in [2.05, 4.69) is 6.92 Å². The fourth-order valence-corrected chi connectivity index (χ4v) is 2.98. The third-order valence-electron chi connectivity index (χ3n) is 3.75. The Kier molecular flexibility index (Phi) is 4.20. The van der Waals surface area contributed by atoms with Crippen LogP contribution in [0, 0.1) is 5.92 Å². The highest BCUT2D eigenvalue weighted by Crippen LogP contribution is 2.33. The molecule has 1 aliphatic rings. The lowest BCUT2D eigenvalue weighted by atomic mass is 10.0. The number of ether oxygens (including phenoxy) is 1. The molecule has 0 spiro atoms. The molecule has 1 amide bonds. The highest BCUT2D eigenvalue weighted by Gasteiger charge is 2.35. The third-order valence-corrected chi connectivity index (χ3v) is 4.07. The van der Waals surface area contributed by atoms with E-state index in [4.69, 9.17) is 16.3 Å². The van der Waals surface area contributed by atoms with Crippen LogP contribution in [0.2, 0.25) is 0 Å². The number of halogens is 1. The largest absolute Gasteiger partial charge is 0.504 e. The molecule has 2 unspecified atom stereocenters. The first-order valence-electron chi connectivity index (χ1n) is 6.33. The Labute approximate surface area is 117 Å². The monoisotopic (exact) mass is 283 g/mol. The van der Waals surface area contributed by atoms with Gasteiger partial charge in [-0.15, -0.1) is 11.6 Å². The third kappa shape index (κ3) is 2.50. The maximum absolute atomic E-state index is 12.5. The highest BCUT2D eigenvalue weighted by molar-refractivity contribution is 6.18. The molecular weight excluding hydrogens is 266 g/mol. The van der Waals surface area contributed by atoms with Crippen LogP contribution in [0.1, 0.15) is 23.7 Å². The number of phenols is 1. The summed E-state index contributed by atoms with van der Waals surface area (Å²) in [6.45, 7) is 2.76. The van der Waals surface area contributed by atoms with Crippen molar-refractivity contribution < 1.29 is 14.6 Å². The summed E-state index contributed by atoms with van der Waals surface area (Å²) in [6.07, 6.45) is 0.938. The van der Waals surface area contributed by atoms with E-state index in [1.54, 1.807) is 23.1 Å². The predicted octanol–water partition coefficient (Wildman–Crippen LogP) is 2.49. The van der Waals surface area contributed by atoms with Gasteiger partial charge in [0.05, 0.1) is 12.7 Å². The number of amides is 1. The lowest BCUT2D eigenvalue weighted by Gasteiger charge is -2.25. The average molecular weight is 284 g/mol. The molecule has 0 bridgehead atoms. The van der Waals surface area contributed by atoms with E-state index in [1.165, 1.54) is 7.11 Å². The minimum Gasteiger partial charge on any atom is -0.504 e. The van der Waals surface area contributed by atoms with Gasteiger partial charge >= 0.3 is 0 Å². The van der Waals surface area contributed by atoms with E-state index < -0.39 is 0 Å². The maximum atomic E-state index is 12.5. The zero-order chi connectivity index (χ0) is 14.0. The molecule has 1 aromatic rings. The summed E-state index contributed by atoms with van der Waals surface area (Å²) in [4.78, 5) is 14.2. The van der Waals surface area contributed by atoms with Crippen LogP contribution < -0.4 is 4.74 Å². The van der Waals surface area contributed by atoms with E-state index in [9.17, 15) is 9.90 Å². The molecule has 1 saturated heterocycles. The molecule has 1 aliphatic heterocycles. The Morgan fingerprint density at radius 1 is 1.58 bits per heavy atom. The summed E-state index contributed by atoms with van der Waals surface area (Å²) in [5.74, 6) is 0.807. The van der Waals surface area contributed by atoms with Crippen molar-refractivity contribution in [2.75, 3.05) is 19.5 Å². The molecular formula is C14H18ClNO3. The molecule has 1 fully saturated rings. The number of para-hydroxylation sites is 1. The van der Waals surface area contributed by atoms with Crippen LogP contribution in [0.4, 0.5) is 0 Å². The van der Waals surface area contributed by atoms with E-state index in [1.807, 2.05) is 0 Å². The molecule has 0 saturated carbocycles. The van der Waals surface area contributed by atoms with Gasteiger partial charge in [-0.25, -0.2) is 0 Å². The van der Waals surface area contributed by atoms with Crippen LogP contribution in [-0.4, -0.2) is 41.5 Å². The Hall–Kier alpha value is -1.42. The van der Waals surface area contributed by atoms with E-state index >= 15 is 0 Å². The average Bonchev–Trinajstić information content (AvgIpc) is 2.79. The second kappa shape index (κ2) is 5.70. The quantitative estimate of drug-likeness (QED) is 0.867. The number of carbonyl (C=O) groups is 1. The molecule has 0 aliphatic carbocycles. The van der Waals surface area contributed by atoms with Crippen molar-refractivity contribution in [1.29, 1.82) is 0 Å². The molecule has 0 radical (unpaired) electrons. The number of benzene rings is 1. The summed E-state index contributed by atoms with van der Waals surface area (Å²) >= 11 is 5.95. The van der Waals surface area contributed by atoms with Crippen LogP contribution in [0.15, 0.2) is 18.2 Å². The van der Waals surface area contributed by atoms with E-state index in [0.29, 0.717) is 24.1 Å². The number of hydrogen-bond donors (Lipinski definition) is 1. The Morgan fingerprint density at radius 3 is 2.95 bits per heavy atom. The molecule has 5 heteroatoms. The first-order chi connectivity index (χ1) is 9.10. The zero-order valence-corrected chi connectivity index (χ0v) is 11.9. The fraction of sp³-hybridized carbons (Fsp3) is 0.500. The number of rotatable bonds is 3. The van der Waals surface area contributed by atoms with Crippen LogP contribution in [0.25, 0.3) is 0 Å². The van der Waals surface area contributed by atoms with Crippen molar-refractivity contribution in [3.63, 3.8) is 0 Å². The molecule has 2 atom stereocenters. The van der Waals surface area contributed by atoms with Gasteiger partial charge in [-0.1, -0.05) is 13.0 Å². The van der Waals surface area contributed by atoms with E-state index in [-0.39, 0.29) is 23.3 Å². The number of methoxy groups -OCH3 is 1. The summed E-state index contributed by atoms with van der Waals surface area (Å²) in [6, 6.07) is 4.95. The number of nitrogens with zero attached hydrogens (tertiary/aromatic N) is 1. The normalized spacial score (nSPS) is 22.6. The molecule has 104 valence electrons. The van der Waals surface area contributed by atoms with Crippen molar-refractivity contribution in [3.05, 3.63) is 23.8 Å². The summed E-state index contributed by atoms with van der Waals surface area (Å²) < 4.78 is 5.03. The lowest BCUT2D eigenvalue weighted by Crippen LogP contribution is -2.38. The van der Waals surface area contributed by atoms with Crippen LogP contribution in [0.5, 0.6) is 11.5 Å². The van der Waals surface area contributed by atoms with Crippen molar-refractivity contribution in [3.8, 4) is 11.5 Å². The minimum atomic E-state index is -0.189. The van der Waals surface area contributed by atoms with Crippen LogP contribution in [-0.2, 0) is 0 Å². The summed E-state index contributed by atoms with van der Waals surface area (Å²) in [7, 11) is 1.46. The number of likely N-dealkylation sites (tertiary alicyclic amines) is 1. The number of aromatic hydroxyl groups is 1. The molecule has 2 rings (SSSR count). The topological polar surface area (TPSA) is 49.8 Å². The highest BCUT2D eigenvalue weighted by atomic mass is 35.5. The van der Waals surface area contributed by atoms with Crippen molar-refractivity contribution in [2.45, 2.75) is 19.4 Å². The number of alkyl halides is 1. The molecule has 19 heavy (non-hydrogen) atoms. The van der Waals surface area contributed by atoms with Gasteiger partial charge < -0.3 is 14.7 Å². The Bertz CT molecular complexity index is 478. The molecule has 1 heterocycles. The van der Waals surface area contributed by atoms with E-state index in [0.717, 1.165) is 6.42 Å². The zero-order valence-electron chi connectivity index (χ0n) is 11.1. The SMILES string of the molecule is COc1cccc(C(=O)N2CCC(C)C2CCl)c1O. The molecule has 1 N–H and O–H groups in total. The maximum Gasteiger partial charge on any atom is 0.258 e. The van der Waals surface area contributed by atoms with Gasteiger partial charge in [0.1, 0.15) is 0 Å². The first kappa shape index (κ1) is 14.0. The van der Waals surface area contributed by atoms with Gasteiger partial charge in [0.25, 0.3) is 5.91 Å². The van der Waals surface area contributed by atoms with Crippen molar-refractivity contribution in [1.82, 2.24) is 4.90 Å². The number of phenolic OH excluding ortho intramolecular Hbond substituents is 1. The van der Waals surface area contributed by atoms with Gasteiger partial charge in [-0.3, -0.25) is 4.79 Å². The predicted molar refractivity (Wildman–Crippen MR) is 74.0 cm³/mol. The minimum absolute atomic E-state index is 0.0276. The fourth-order valence-electron chi connectivity index (χ4n) is 2.51. The second-order valence-corrected chi connectivity index (χ2v) is 5.15. The number of carbonyl (C=O) groups excluding carboxylic acids is 1. The molecule has 4 nitrogen and oxygen atoms in total. The van der Waals surface area contributed by atoms with Gasteiger partial charge in [-0.05, 0) is 24.5 Å². The van der Waals surface area contributed by atoms with Crippen molar-refractivity contribution in [2.24, 2.45) is 5.92 Å². The summed E-state index contributed by atoms with van der Waals surface area (Å²) in [5.41, 5.74) is 0.267. The molecule has 1 aromatic carbocycles. The van der Waals surface area contributed by atoms with Crippen molar-refractivity contribution >= 4 is 17.5 Å². The van der Waals surface area contributed by atoms with Crippen LogP contribution >= 0.6 is 11.6 Å². The summed E-state index contributed by atoms with van der Waals surface area (Å²) in [5, 5.41) is 10.0. The van der Waals surface area contributed by atoms with Gasteiger partial charge in [0.15, 0.2) is 11.5 Å². The lowest BCUT2D eigenvalue weighted by molar-refractivity contribution is 0.0733. The Balaban J connectivity index is 2.30. The second-order valence-electron chi connectivity index (χ2n) is 4.84. The van der Waals surface area contributed by atoms with Gasteiger partial charge in [0.2, 0.25) is 0 Å². The number of hydrogen-bond acceptors (Lipinski definition) is 3. The first-order valence-corrected chi connectivity index (χ1v) is 6.86. The van der Waals surface area contributed by atoms with Crippen LogP contribution in [0.3, 0.4) is 0 Å². The van der Waals surface area contributed by atoms with Gasteiger partial charge in [0, 0.05) is 18.5 Å². The molecule has 0 aromatic heterocycles. The Morgan fingerprint density at radius 2 is 2.32 bits per heavy atom. The smallest absolute Gasteiger partial charge is 0.258 e.